The standard InChI is InChI=1S/C14H21F3N2O/c1-2-18-8-13-11(5-7-20-13)9-19-6-3-4-12(10-19)14(15,16)17/h5,7,12,18H,2-4,6,8-10H2,1H3. The third kappa shape index (κ3) is 3.99. The van der Waals surface area contributed by atoms with E-state index in [1.807, 2.05) is 17.9 Å². The first-order chi connectivity index (χ1) is 9.50. The number of alkyl halides is 3. The molecule has 1 aliphatic heterocycles. The van der Waals surface area contributed by atoms with Crippen LogP contribution in [-0.4, -0.2) is 30.7 Å². The normalized spacial score (nSPS) is 21.3. The molecule has 1 N–H and O–H groups in total. The van der Waals surface area contributed by atoms with Gasteiger partial charge in [-0.15, -0.1) is 0 Å². The Hall–Kier alpha value is -1.01. The van der Waals surface area contributed by atoms with Crippen molar-refractivity contribution in [3.05, 3.63) is 23.7 Å². The van der Waals surface area contributed by atoms with E-state index in [9.17, 15) is 13.2 Å². The number of furan rings is 1. The van der Waals surface area contributed by atoms with Gasteiger partial charge >= 0.3 is 6.18 Å². The summed E-state index contributed by atoms with van der Waals surface area (Å²) < 4.78 is 43.7. The Morgan fingerprint density at radius 1 is 1.45 bits per heavy atom. The van der Waals surface area contributed by atoms with Crippen molar-refractivity contribution in [1.29, 1.82) is 0 Å². The van der Waals surface area contributed by atoms with Gasteiger partial charge in [-0.3, -0.25) is 4.90 Å². The number of halogens is 3. The van der Waals surface area contributed by atoms with Crippen molar-refractivity contribution in [2.75, 3.05) is 19.6 Å². The number of hydrogen-bond donors (Lipinski definition) is 1. The molecule has 1 unspecified atom stereocenters. The zero-order valence-electron chi connectivity index (χ0n) is 11.7. The maximum absolute atomic E-state index is 12.8. The van der Waals surface area contributed by atoms with E-state index in [0.29, 0.717) is 19.5 Å². The molecule has 0 radical (unpaired) electrons. The van der Waals surface area contributed by atoms with E-state index in [1.165, 1.54) is 0 Å². The van der Waals surface area contributed by atoms with Gasteiger partial charge in [0.05, 0.1) is 18.7 Å². The molecule has 1 aliphatic rings. The van der Waals surface area contributed by atoms with Crippen LogP contribution in [0.15, 0.2) is 16.7 Å². The minimum Gasteiger partial charge on any atom is -0.468 e. The van der Waals surface area contributed by atoms with Gasteiger partial charge < -0.3 is 9.73 Å². The highest BCUT2D eigenvalue weighted by molar-refractivity contribution is 5.17. The Kier molecular flexibility index (Phi) is 5.10. The summed E-state index contributed by atoms with van der Waals surface area (Å²) in [6.45, 7) is 4.80. The predicted octanol–water partition coefficient (Wildman–Crippen LogP) is 3.16. The van der Waals surface area contributed by atoms with Crippen molar-refractivity contribution in [2.24, 2.45) is 5.92 Å². The van der Waals surface area contributed by atoms with E-state index in [1.54, 1.807) is 6.26 Å². The molecule has 3 nitrogen and oxygen atoms in total. The number of rotatable bonds is 5. The molecule has 1 saturated heterocycles. The van der Waals surface area contributed by atoms with Crippen molar-refractivity contribution >= 4 is 0 Å². The lowest BCUT2D eigenvalue weighted by Crippen LogP contribution is -2.41. The summed E-state index contributed by atoms with van der Waals surface area (Å²) in [6.07, 6.45) is -1.63. The van der Waals surface area contributed by atoms with Crippen LogP contribution < -0.4 is 5.32 Å². The van der Waals surface area contributed by atoms with Crippen LogP contribution in [0.4, 0.5) is 13.2 Å². The topological polar surface area (TPSA) is 28.4 Å². The molecule has 2 heterocycles. The van der Waals surface area contributed by atoms with Gasteiger partial charge in [0, 0.05) is 18.7 Å². The minimum atomic E-state index is -4.08. The minimum absolute atomic E-state index is 0.0926. The quantitative estimate of drug-likeness (QED) is 0.903. The highest BCUT2D eigenvalue weighted by Gasteiger charge is 2.41. The maximum atomic E-state index is 12.8. The molecule has 1 fully saturated rings. The van der Waals surface area contributed by atoms with Crippen molar-refractivity contribution in [2.45, 2.75) is 39.0 Å². The van der Waals surface area contributed by atoms with Crippen LogP contribution in [0.1, 0.15) is 31.1 Å². The van der Waals surface area contributed by atoms with Crippen molar-refractivity contribution < 1.29 is 17.6 Å². The summed E-state index contributed by atoms with van der Waals surface area (Å²) in [5, 5.41) is 3.17. The van der Waals surface area contributed by atoms with Gasteiger partial charge in [0.15, 0.2) is 0 Å². The van der Waals surface area contributed by atoms with E-state index in [0.717, 1.165) is 24.4 Å². The Balaban J connectivity index is 1.94. The lowest BCUT2D eigenvalue weighted by Gasteiger charge is -2.33. The first-order valence-electron chi connectivity index (χ1n) is 7.05. The third-order valence-electron chi connectivity index (χ3n) is 3.74. The second-order valence-electron chi connectivity index (χ2n) is 5.27. The van der Waals surface area contributed by atoms with Crippen molar-refractivity contribution in [1.82, 2.24) is 10.2 Å². The lowest BCUT2D eigenvalue weighted by atomic mass is 9.97. The summed E-state index contributed by atoms with van der Waals surface area (Å²) >= 11 is 0. The number of nitrogens with zero attached hydrogens (tertiary/aromatic N) is 1. The highest BCUT2D eigenvalue weighted by atomic mass is 19.4. The highest BCUT2D eigenvalue weighted by Crippen LogP contribution is 2.33. The molecule has 1 aromatic rings. The molecule has 20 heavy (non-hydrogen) atoms. The molecule has 1 atom stereocenters. The van der Waals surface area contributed by atoms with Gasteiger partial charge in [0.25, 0.3) is 0 Å². The van der Waals surface area contributed by atoms with Crippen LogP contribution in [0.3, 0.4) is 0 Å². The third-order valence-corrected chi connectivity index (χ3v) is 3.74. The smallest absolute Gasteiger partial charge is 0.393 e. The first kappa shape index (κ1) is 15.4. The number of nitrogens with one attached hydrogen (secondary N) is 1. The van der Waals surface area contributed by atoms with Crippen molar-refractivity contribution in [3.63, 3.8) is 0 Å². The molecule has 0 amide bonds. The maximum Gasteiger partial charge on any atom is 0.393 e. The summed E-state index contributed by atoms with van der Waals surface area (Å²) in [7, 11) is 0. The molecule has 0 bridgehead atoms. The molecular formula is C14H21F3N2O. The molecule has 1 aromatic heterocycles. The van der Waals surface area contributed by atoms with Gasteiger partial charge in [0.2, 0.25) is 0 Å². The molecule has 0 saturated carbocycles. The Bertz CT molecular complexity index is 417. The number of piperidine rings is 1. The van der Waals surface area contributed by atoms with Crippen LogP contribution >= 0.6 is 0 Å². The van der Waals surface area contributed by atoms with Crippen LogP contribution in [0.25, 0.3) is 0 Å². The molecule has 0 aromatic carbocycles. The predicted molar refractivity (Wildman–Crippen MR) is 70.1 cm³/mol. The van der Waals surface area contributed by atoms with Gasteiger partial charge in [-0.05, 0) is 32.0 Å². The molecule has 0 spiro atoms. The molecule has 0 aliphatic carbocycles. The van der Waals surface area contributed by atoms with Crippen LogP contribution in [0, 0.1) is 5.92 Å². The first-order valence-corrected chi connectivity index (χ1v) is 7.05. The average molecular weight is 290 g/mol. The number of hydrogen-bond acceptors (Lipinski definition) is 3. The molecule has 6 heteroatoms. The lowest BCUT2D eigenvalue weighted by molar-refractivity contribution is -0.187. The zero-order valence-corrected chi connectivity index (χ0v) is 11.7. The fourth-order valence-electron chi connectivity index (χ4n) is 2.61. The molecule has 2 rings (SSSR count). The fourth-order valence-corrected chi connectivity index (χ4v) is 2.61. The Morgan fingerprint density at radius 3 is 2.95 bits per heavy atom. The fraction of sp³-hybridized carbons (Fsp3) is 0.714. The van der Waals surface area contributed by atoms with Gasteiger partial charge in [0.1, 0.15) is 5.76 Å². The van der Waals surface area contributed by atoms with E-state index in [-0.39, 0.29) is 13.0 Å². The van der Waals surface area contributed by atoms with Gasteiger partial charge in [-0.1, -0.05) is 6.92 Å². The Morgan fingerprint density at radius 2 is 2.25 bits per heavy atom. The van der Waals surface area contributed by atoms with Crippen LogP contribution in [0.5, 0.6) is 0 Å². The van der Waals surface area contributed by atoms with Crippen LogP contribution in [0.2, 0.25) is 0 Å². The molecular weight excluding hydrogens is 269 g/mol. The van der Waals surface area contributed by atoms with E-state index < -0.39 is 12.1 Å². The number of likely N-dealkylation sites (tertiary alicyclic amines) is 1. The SMILES string of the molecule is CCNCc1occc1CN1CCCC(C(F)(F)F)C1. The van der Waals surface area contributed by atoms with E-state index in [4.69, 9.17) is 4.42 Å². The van der Waals surface area contributed by atoms with Gasteiger partial charge in [-0.2, -0.15) is 13.2 Å². The van der Waals surface area contributed by atoms with Gasteiger partial charge in [-0.25, -0.2) is 0 Å². The summed E-state index contributed by atoms with van der Waals surface area (Å²) in [6, 6.07) is 1.85. The van der Waals surface area contributed by atoms with E-state index >= 15 is 0 Å². The largest absolute Gasteiger partial charge is 0.468 e. The summed E-state index contributed by atoms with van der Waals surface area (Å²) in [5.41, 5.74) is 0.980. The second kappa shape index (κ2) is 6.63. The summed E-state index contributed by atoms with van der Waals surface area (Å²) in [5.74, 6) is -0.374. The molecule has 114 valence electrons. The summed E-state index contributed by atoms with van der Waals surface area (Å²) in [4.78, 5) is 1.88. The average Bonchev–Trinajstić information content (AvgIpc) is 2.83. The monoisotopic (exact) mass is 290 g/mol. The zero-order chi connectivity index (χ0) is 14.6. The van der Waals surface area contributed by atoms with Crippen molar-refractivity contribution in [3.8, 4) is 0 Å². The second-order valence-corrected chi connectivity index (χ2v) is 5.27. The van der Waals surface area contributed by atoms with Crippen LogP contribution in [-0.2, 0) is 13.1 Å². The van der Waals surface area contributed by atoms with E-state index in [2.05, 4.69) is 5.32 Å². The Labute approximate surface area is 117 Å².